The predicted molar refractivity (Wildman–Crippen MR) is 142 cm³/mol. The van der Waals surface area contributed by atoms with E-state index in [1.54, 1.807) is 19.1 Å². The van der Waals surface area contributed by atoms with Crippen molar-refractivity contribution in [3.05, 3.63) is 50.5 Å². The maximum absolute atomic E-state index is 15.5. The predicted octanol–water partition coefficient (Wildman–Crippen LogP) is 4.91. The van der Waals surface area contributed by atoms with Gasteiger partial charge in [-0.2, -0.15) is 0 Å². The van der Waals surface area contributed by atoms with Crippen LogP contribution in [0.25, 0.3) is 0 Å². The molecule has 2 N–H and O–H groups in total. The van der Waals surface area contributed by atoms with Gasteiger partial charge in [0, 0.05) is 48.3 Å². The second-order valence-electron chi connectivity index (χ2n) is 10.4. The highest BCUT2D eigenvalue weighted by Crippen LogP contribution is 2.54. The number of carbonyl (C=O) groups is 2. The Kier molecular flexibility index (Phi) is 6.88. The first kappa shape index (κ1) is 26.2. The number of pyridine rings is 1. The lowest BCUT2D eigenvalue weighted by Crippen LogP contribution is -2.44. The van der Waals surface area contributed by atoms with Crippen LogP contribution >= 0.6 is 22.6 Å². The monoisotopic (exact) mass is 627 g/mol. The van der Waals surface area contributed by atoms with Crippen molar-refractivity contribution in [2.75, 3.05) is 36.0 Å². The lowest BCUT2D eigenvalue weighted by atomic mass is 9.93. The van der Waals surface area contributed by atoms with Gasteiger partial charge >= 0.3 is 0 Å². The normalized spacial score (nSPS) is 20.2. The molecule has 0 unspecified atom stereocenters. The van der Waals surface area contributed by atoms with E-state index in [9.17, 15) is 18.4 Å². The molecule has 0 atom stereocenters. The maximum atomic E-state index is 15.5. The van der Waals surface area contributed by atoms with Gasteiger partial charge in [-0.15, -0.1) is 0 Å². The first-order valence-corrected chi connectivity index (χ1v) is 13.5. The van der Waals surface area contributed by atoms with Gasteiger partial charge in [0.25, 0.3) is 17.7 Å². The number of amides is 2. The molecule has 0 bridgehead atoms. The van der Waals surface area contributed by atoms with E-state index < -0.39 is 42.0 Å². The summed E-state index contributed by atoms with van der Waals surface area (Å²) in [6, 6.07) is 6.53. The van der Waals surface area contributed by atoms with E-state index in [-0.39, 0.29) is 24.5 Å². The third-order valence-electron chi connectivity index (χ3n) is 7.84. The summed E-state index contributed by atoms with van der Waals surface area (Å²) in [5.41, 5.74) is 1.33. The fourth-order valence-corrected chi connectivity index (χ4v) is 5.72. The lowest BCUT2D eigenvalue weighted by molar-refractivity contribution is -0.0222. The molecule has 2 aromatic rings. The molecule has 198 valence electrons. The third kappa shape index (κ3) is 5.29. The summed E-state index contributed by atoms with van der Waals surface area (Å²) in [4.78, 5) is 34.4. The van der Waals surface area contributed by atoms with Gasteiger partial charge < -0.3 is 9.80 Å². The number of carbonyl (C=O) groups excluding carboxylic acids is 2. The van der Waals surface area contributed by atoms with Crippen molar-refractivity contribution in [1.29, 1.82) is 0 Å². The van der Waals surface area contributed by atoms with Crippen LogP contribution in [0.15, 0.2) is 24.3 Å². The zero-order valence-corrected chi connectivity index (χ0v) is 22.7. The molecule has 5 rings (SSSR count). The van der Waals surface area contributed by atoms with Crippen molar-refractivity contribution < 1.29 is 22.8 Å². The van der Waals surface area contributed by atoms with Crippen molar-refractivity contribution in [1.82, 2.24) is 9.99 Å². The Morgan fingerprint density at radius 2 is 1.54 bits per heavy atom. The Labute approximate surface area is 227 Å². The number of aryl methyl sites for hydroxylation is 1. The lowest BCUT2D eigenvalue weighted by Gasteiger charge is -2.35. The number of halogens is 4. The summed E-state index contributed by atoms with van der Waals surface area (Å²) in [6.07, 6.45) is 3.76. The number of rotatable bonds is 4. The van der Waals surface area contributed by atoms with E-state index >= 15 is 4.39 Å². The van der Waals surface area contributed by atoms with Crippen LogP contribution in [0.2, 0.25) is 0 Å². The SMILES string of the molecule is Cc1cc(C(=O)N(N)C(=O)c2ccc(I)cc2N2CCC3(CC2)CC3)c(F)c(N2CCC(F)(F)CC2)n1. The smallest absolute Gasteiger partial charge is 0.278 e. The Morgan fingerprint density at radius 3 is 2.16 bits per heavy atom. The molecular formula is C26H29F3IN5O2. The Hall–Kier alpha value is -2.41. The average molecular weight is 627 g/mol. The molecule has 1 saturated carbocycles. The van der Waals surface area contributed by atoms with Crippen LogP contribution in [0.3, 0.4) is 0 Å². The van der Waals surface area contributed by atoms with Crippen LogP contribution in [-0.2, 0) is 0 Å². The highest BCUT2D eigenvalue weighted by molar-refractivity contribution is 14.1. The molecule has 2 saturated heterocycles. The molecule has 1 aliphatic carbocycles. The van der Waals surface area contributed by atoms with Gasteiger partial charge in [-0.25, -0.2) is 29.0 Å². The van der Waals surface area contributed by atoms with Crippen LogP contribution in [-0.4, -0.2) is 53.9 Å². The van der Waals surface area contributed by atoms with Crippen LogP contribution in [0, 0.1) is 21.7 Å². The standard InChI is InChI=1S/C26H29F3IN5O2/c1-16-14-19(21(27)22(32-16)34-12-8-26(28,29)9-13-34)24(37)35(31)23(36)18-3-2-17(30)15-20(18)33-10-6-25(4-5-25)7-11-33/h2-3,14-15H,4-13,31H2,1H3. The van der Waals surface area contributed by atoms with Crippen LogP contribution in [0.1, 0.15) is 64.9 Å². The van der Waals surface area contributed by atoms with Gasteiger partial charge in [0.05, 0.1) is 16.8 Å². The summed E-state index contributed by atoms with van der Waals surface area (Å²) < 4.78 is 43.7. The fourth-order valence-electron chi connectivity index (χ4n) is 5.25. The van der Waals surface area contributed by atoms with Crippen molar-refractivity contribution in [2.24, 2.45) is 11.3 Å². The van der Waals surface area contributed by atoms with Gasteiger partial charge in [-0.05, 0) is 84.9 Å². The molecule has 1 aromatic carbocycles. The van der Waals surface area contributed by atoms with Gasteiger partial charge in [0.15, 0.2) is 11.6 Å². The van der Waals surface area contributed by atoms with E-state index in [4.69, 9.17) is 5.84 Å². The topological polar surface area (TPSA) is 82.8 Å². The number of imide groups is 1. The van der Waals surface area contributed by atoms with Crippen molar-refractivity contribution >= 4 is 45.9 Å². The highest BCUT2D eigenvalue weighted by atomic mass is 127. The molecule has 1 spiro atoms. The van der Waals surface area contributed by atoms with E-state index in [0.29, 0.717) is 21.8 Å². The molecule has 3 aliphatic rings. The van der Waals surface area contributed by atoms with E-state index in [2.05, 4.69) is 32.5 Å². The van der Waals surface area contributed by atoms with Gasteiger partial charge in [-0.1, -0.05) is 0 Å². The number of hydrogen-bond donors (Lipinski definition) is 1. The highest BCUT2D eigenvalue weighted by Gasteiger charge is 2.45. The minimum absolute atomic E-state index is 0.0948. The largest absolute Gasteiger partial charge is 0.371 e. The molecule has 11 heteroatoms. The Balaban J connectivity index is 1.39. The van der Waals surface area contributed by atoms with E-state index in [1.807, 2.05) is 6.07 Å². The van der Waals surface area contributed by atoms with E-state index in [1.165, 1.54) is 23.8 Å². The number of hydrazine groups is 1. The number of aromatic nitrogens is 1. The average Bonchev–Trinajstić information content (AvgIpc) is 3.63. The van der Waals surface area contributed by atoms with Crippen LogP contribution < -0.4 is 15.6 Å². The van der Waals surface area contributed by atoms with Crippen LogP contribution in [0.4, 0.5) is 24.7 Å². The van der Waals surface area contributed by atoms with Crippen molar-refractivity contribution in [2.45, 2.75) is 51.4 Å². The number of alkyl halides is 2. The summed E-state index contributed by atoms with van der Waals surface area (Å²) >= 11 is 2.18. The molecule has 3 heterocycles. The second kappa shape index (κ2) is 9.72. The van der Waals surface area contributed by atoms with Crippen molar-refractivity contribution in [3.63, 3.8) is 0 Å². The fraction of sp³-hybridized carbons (Fsp3) is 0.500. The van der Waals surface area contributed by atoms with E-state index in [0.717, 1.165) is 29.5 Å². The Morgan fingerprint density at radius 1 is 0.946 bits per heavy atom. The number of piperidine rings is 2. The third-order valence-corrected chi connectivity index (χ3v) is 8.51. The molecule has 0 radical (unpaired) electrons. The molecule has 37 heavy (non-hydrogen) atoms. The van der Waals surface area contributed by atoms with Gasteiger partial charge in [-0.3, -0.25) is 9.59 Å². The number of nitrogens with zero attached hydrogens (tertiary/aromatic N) is 4. The molecule has 2 aliphatic heterocycles. The number of nitrogens with two attached hydrogens (primary N) is 1. The number of hydrogen-bond acceptors (Lipinski definition) is 6. The Bertz CT molecular complexity index is 1230. The quantitative estimate of drug-likeness (QED) is 0.171. The molecule has 7 nitrogen and oxygen atoms in total. The molecule has 2 amide bonds. The minimum Gasteiger partial charge on any atom is -0.371 e. The zero-order valence-electron chi connectivity index (χ0n) is 20.6. The molecule has 3 fully saturated rings. The first-order valence-electron chi connectivity index (χ1n) is 12.5. The molecular weight excluding hydrogens is 598 g/mol. The summed E-state index contributed by atoms with van der Waals surface area (Å²) in [5, 5.41) is 0.435. The van der Waals surface area contributed by atoms with Gasteiger partial charge in [0.2, 0.25) is 0 Å². The minimum atomic E-state index is -2.81. The molecule has 1 aromatic heterocycles. The zero-order chi connectivity index (χ0) is 26.5. The summed E-state index contributed by atoms with van der Waals surface area (Å²) in [5.74, 6) is 0.286. The van der Waals surface area contributed by atoms with Crippen LogP contribution in [0.5, 0.6) is 0 Å². The number of anilines is 2. The van der Waals surface area contributed by atoms with Gasteiger partial charge in [0.1, 0.15) is 0 Å². The first-order chi connectivity index (χ1) is 17.5. The summed E-state index contributed by atoms with van der Waals surface area (Å²) in [6.45, 7) is 3.01. The number of benzene rings is 1. The van der Waals surface area contributed by atoms with Crippen molar-refractivity contribution in [3.8, 4) is 0 Å². The second-order valence-corrected chi connectivity index (χ2v) is 11.7. The maximum Gasteiger partial charge on any atom is 0.278 e. The summed E-state index contributed by atoms with van der Waals surface area (Å²) in [7, 11) is 0.